The van der Waals surface area contributed by atoms with E-state index in [9.17, 15) is 14.9 Å². The summed E-state index contributed by atoms with van der Waals surface area (Å²) in [5.74, 6) is -1.70. The van der Waals surface area contributed by atoms with Gasteiger partial charge in [-0.05, 0) is 31.2 Å². The molecule has 128 valence electrons. The van der Waals surface area contributed by atoms with Gasteiger partial charge >= 0.3 is 17.4 Å². The number of carbonyl (C=O) groups is 1. The third kappa shape index (κ3) is 3.02. The fraction of sp³-hybridized carbons (Fsp3) is 0.357. The highest BCUT2D eigenvalue weighted by atomic mass is 35.5. The first kappa shape index (κ1) is 17.7. The molecule has 1 aromatic heterocycles. The topological polar surface area (TPSA) is 118 Å². The van der Waals surface area contributed by atoms with E-state index in [0.717, 1.165) is 0 Å². The van der Waals surface area contributed by atoms with Crippen LogP contribution in [0.3, 0.4) is 0 Å². The van der Waals surface area contributed by atoms with Crippen molar-refractivity contribution < 1.29 is 23.7 Å². The standard InChI is InChI=1S/C14H14ClN3O6/c1-3-23-13(19)14(8-15,18(20)21)12-16-11(17-24-12)9-4-6-10(22-2)7-5-9/h4-7H,3,8H2,1-2H3. The molecule has 24 heavy (non-hydrogen) atoms. The van der Waals surface area contributed by atoms with E-state index >= 15 is 0 Å². The van der Waals surface area contributed by atoms with Crippen molar-refractivity contribution in [2.45, 2.75) is 12.5 Å². The Morgan fingerprint density at radius 3 is 2.58 bits per heavy atom. The number of halogens is 1. The minimum atomic E-state index is -2.45. The quantitative estimate of drug-likeness (QED) is 0.320. The highest BCUT2D eigenvalue weighted by molar-refractivity contribution is 6.20. The van der Waals surface area contributed by atoms with Crippen LogP contribution in [-0.4, -0.2) is 40.6 Å². The molecular weight excluding hydrogens is 342 g/mol. The molecule has 0 aliphatic heterocycles. The molecule has 0 saturated carbocycles. The number of esters is 1. The molecule has 0 fully saturated rings. The predicted molar refractivity (Wildman–Crippen MR) is 82.3 cm³/mol. The van der Waals surface area contributed by atoms with Crippen LogP contribution in [0.1, 0.15) is 12.8 Å². The second kappa shape index (κ2) is 7.26. The summed E-state index contributed by atoms with van der Waals surface area (Å²) in [7, 11) is 1.52. The highest BCUT2D eigenvalue weighted by Gasteiger charge is 2.59. The number of carbonyl (C=O) groups excluding carboxylic acids is 1. The number of nitrogens with zero attached hydrogens (tertiary/aromatic N) is 3. The van der Waals surface area contributed by atoms with Crippen LogP contribution >= 0.6 is 11.6 Å². The van der Waals surface area contributed by atoms with Gasteiger partial charge in [0.05, 0.1) is 13.7 Å². The molecule has 0 bridgehead atoms. The molecule has 1 aromatic carbocycles. The summed E-state index contributed by atoms with van der Waals surface area (Å²) in [5, 5.41) is 15.2. The lowest BCUT2D eigenvalue weighted by molar-refractivity contribution is -0.562. The summed E-state index contributed by atoms with van der Waals surface area (Å²) in [6, 6.07) is 6.62. The number of hydrogen-bond acceptors (Lipinski definition) is 8. The van der Waals surface area contributed by atoms with Crippen molar-refractivity contribution in [3.8, 4) is 17.1 Å². The zero-order valence-corrected chi connectivity index (χ0v) is 13.6. The second-order valence-corrected chi connectivity index (χ2v) is 4.89. The first-order valence-corrected chi connectivity index (χ1v) is 7.39. The molecule has 2 aromatic rings. The number of hydrogen-bond donors (Lipinski definition) is 0. The Hall–Kier alpha value is -2.68. The Labute approximate surface area is 141 Å². The fourth-order valence-corrected chi connectivity index (χ4v) is 2.22. The lowest BCUT2D eigenvalue weighted by Crippen LogP contribution is -2.47. The number of ether oxygens (including phenoxy) is 2. The Bertz CT molecular complexity index is 732. The van der Waals surface area contributed by atoms with Gasteiger partial charge in [-0.1, -0.05) is 5.16 Å². The van der Waals surface area contributed by atoms with E-state index in [0.29, 0.717) is 11.3 Å². The molecule has 1 atom stereocenters. The smallest absolute Gasteiger partial charge is 0.406 e. The van der Waals surface area contributed by atoms with Crippen LogP contribution in [0.5, 0.6) is 5.75 Å². The maximum atomic E-state index is 12.1. The van der Waals surface area contributed by atoms with Crippen LogP contribution in [0, 0.1) is 10.1 Å². The molecule has 0 N–H and O–H groups in total. The van der Waals surface area contributed by atoms with E-state index in [1.807, 2.05) is 0 Å². The third-order valence-corrected chi connectivity index (χ3v) is 3.63. The van der Waals surface area contributed by atoms with Gasteiger partial charge < -0.3 is 14.0 Å². The van der Waals surface area contributed by atoms with Crippen LogP contribution < -0.4 is 4.74 Å². The lowest BCUT2D eigenvalue weighted by atomic mass is 10.0. The van der Waals surface area contributed by atoms with Crippen molar-refractivity contribution in [1.82, 2.24) is 10.1 Å². The van der Waals surface area contributed by atoms with E-state index in [1.165, 1.54) is 14.0 Å². The minimum Gasteiger partial charge on any atom is -0.497 e. The zero-order chi connectivity index (χ0) is 17.7. The van der Waals surface area contributed by atoms with Gasteiger partial charge in [-0.2, -0.15) is 4.98 Å². The molecule has 2 rings (SSSR count). The molecule has 0 aliphatic rings. The SMILES string of the molecule is CCOC(=O)C(CCl)(c1nc(-c2ccc(OC)cc2)no1)[N+](=O)[O-]. The Kier molecular flexibility index (Phi) is 5.35. The van der Waals surface area contributed by atoms with Gasteiger partial charge in [-0.3, -0.25) is 10.1 Å². The summed E-state index contributed by atoms with van der Waals surface area (Å²) < 4.78 is 14.7. The normalized spacial score (nSPS) is 13.1. The van der Waals surface area contributed by atoms with Gasteiger partial charge in [0.15, 0.2) is 0 Å². The number of benzene rings is 1. The van der Waals surface area contributed by atoms with Crippen LogP contribution in [0.15, 0.2) is 28.8 Å². The number of aromatic nitrogens is 2. The summed E-state index contributed by atoms with van der Waals surface area (Å²) in [6.45, 7) is 1.47. The Morgan fingerprint density at radius 2 is 2.08 bits per heavy atom. The summed E-state index contributed by atoms with van der Waals surface area (Å²) in [4.78, 5) is 26.6. The van der Waals surface area contributed by atoms with Gasteiger partial charge in [-0.15, -0.1) is 11.6 Å². The molecule has 1 heterocycles. The van der Waals surface area contributed by atoms with Gasteiger partial charge in [0.25, 0.3) is 0 Å². The Morgan fingerprint density at radius 1 is 1.42 bits per heavy atom. The third-order valence-electron chi connectivity index (χ3n) is 3.25. The number of alkyl halides is 1. The number of nitro groups is 1. The summed E-state index contributed by atoms with van der Waals surface area (Å²) in [6.07, 6.45) is 0. The van der Waals surface area contributed by atoms with Crippen LogP contribution in [0.4, 0.5) is 0 Å². The molecular formula is C14H14ClN3O6. The average molecular weight is 356 g/mol. The van der Waals surface area contributed by atoms with E-state index in [1.54, 1.807) is 24.3 Å². The van der Waals surface area contributed by atoms with Crippen LogP contribution in [0.2, 0.25) is 0 Å². The summed E-state index contributed by atoms with van der Waals surface area (Å²) >= 11 is 5.69. The summed E-state index contributed by atoms with van der Waals surface area (Å²) in [5.41, 5.74) is -1.92. The maximum Gasteiger partial charge on any atom is 0.406 e. The fourth-order valence-electron chi connectivity index (χ4n) is 1.90. The first-order chi connectivity index (χ1) is 11.5. The van der Waals surface area contributed by atoms with E-state index in [-0.39, 0.29) is 12.4 Å². The number of methoxy groups -OCH3 is 1. The highest BCUT2D eigenvalue weighted by Crippen LogP contribution is 2.29. The van der Waals surface area contributed by atoms with Crippen molar-refractivity contribution >= 4 is 17.6 Å². The molecule has 0 saturated heterocycles. The number of rotatable bonds is 7. The molecule has 10 heteroatoms. The van der Waals surface area contributed by atoms with Gasteiger partial charge in [0.2, 0.25) is 5.82 Å². The van der Waals surface area contributed by atoms with Gasteiger partial charge in [0.1, 0.15) is 11.6 Å². The van der Waals surface area contributed by atoms with Gasteiger partial charge in [0, 0.05) is 10.5 Å². The second-order valence-electron chi connectivity index (χ2n) is 4.62. The molecule has 0 amide bonds. The van der Waals surface area contributed by atoms with Crippen LogP contribution in [0.25, 0.3) is 11.4 Å². The minimum absolute atomic E-state index is 0.0508. The molecule has 9 nitrogen and oxygen atoms in total. The first-order valence-electron chi connectivity index (χ1n) is 6.85. The monoisotopic (exact) mass is 355 g/mol. The molecule has 0 spiro atoms. The van der Waals surface area contributed by atoms with Gasteiger partial charge in [-0.25, -0.2) is 4.79 Å². The predicted octanol–water partition coefficient (Wildman–Crippen LogP) is 2.02. The van der Waals surface area contributed by atoms with E-state index < -0.39 is 28.2 Å². The van der Waals surface area contributed by atoms with Crippen molar-refractivity contribution in [3.05, 3.63) is 40.3 Å². The van der Waals surface area contributed by atoms with Crippen molar-refractivity contribution in [2.24, 2.45) is 0 Å². The van der Waals surface area contributed by atoms with Crippen molar-refractivity contribution in [2.75, 3.05) is 19.6 Å². The lowest BCUT2D eigenvalue weighted by Gasteiger charge is -2.16. The van der Waals surface area contributed by atoms with E-state index in [4.69, 9.17) is 25.6 Å². The van der Waals surface area contributed by atoms with E-state index in [2.05, 4.69) is 10.1 Å². The van der Waals surface area contributed by atoms with Crippen LogP contribution in [-0.2, 0) is 15.1 Å². The molecule has 0 radical (unpaired) electrons. The Balaban J connectivity index is 2.44. The molecule has 1 unspecified atom stereocenters. The van der Waals surface area contributed by atoms with Crippen molar-refractivity contribution in [1.29, 1.82) is 0 Å². The largest absolute Gasteiger partial charge is 0.497 e. The average Bonchev–Trinajstić information content (AvgIpc) is 3.06. The maximum absolute atomic E-state index is 12.1. The molecule has 0 aliphatic carbocycles. The zero-order valence-electron chi connectivity index (χ0n) is 12.9. The van der Waals surface area contributed by atoms with Crippen molar-refractivity contribution in [3.63, 3.8) is 0 Å².